The summed E-state index contributed by atoms with van der Waals surface area (Å²) in [6.45, 7) is 0. The van der Waals surface area contributed by atoms with Crippen LogP contribution in [0.5, 0.6) is 5.75 Å². The van der Waals surface area contributed by atoms with Crippen molar-refractivity contribution in [3.63, 3.8) is 0 Å². The molecule has 8 nitrogen and oxygen atoms in total. The molecule has 3 amide bonds. The quantitative estimate of drug-likeness (QED) is 0.434. The van der Waals surface area contributed by atoms with Gasteiger partial charge in [0.1, 0.15) is 17.8 Å². The fraction of sp³-hybridized carbons (Fsp3) is 0.148. The molecule has 1 saturated heterocycles. The average Bonchev–Trinajstić information content (AvgIpc) is 3.37. The van der Waals surface area contributed by atoms with Crippen molar-refractivity contribution in [2.24, 2.45) is 0 Å². The van der Waals surface area contributed by atoms with Crippen LogP contribution < -0.4 is 9.64 Å². The van der Waals surface area contributed by atoms with Gasteiger partial charge in [0.15, 0.2) is 0 Å². The van der Waals surface area contributed by atoms with Crippen LogP contribution in [0.15, 0.2) is 72.8 Å². The number of H-pyrrole nitrogens is 1. The predicted molar refractivity (Wildman–Crippen MR) is 129 cm³/mol. The Morgan fingerprint density at radius 1 is 1.03 bits per heavy atom. The predicted octanol–water partition coefficient (Wildman–Crippen LogP) is 4.36. The molecule has 2 aliphatic heterocycles. The van der Waals surface area contributed by atoms with E-state index in [1.54, 1.807) is 24.1 Å². The van der Waals surface area contributed by atoms with Crippen molar-refractivity contribution in [2.45, 2.75) is 18.5 Å². The van der Waals surface area contributed by atoms with Crippen LogP contribution in [0.4, 0.5) is 10.5 Å². The molecule has 2 N–H and O–H groups in total. The minimum Gasteiger partial charge on any atom is -0.497 e. The number of hydrogen-bond donors (Lipinski definition) is 2. The van der Waals surface area contributed by atoms with E-state index < -0.39 is 30.0 Å². The van der Waals surface area contributed by atoms with Crippen molar-refractivity contribution in [2.75, 3.05) is 12.0 Å². The van der Waals surface area contributed by atoms with Gasteiger partial charge in [0, 0.05) is 23.0 Å². The number of carbonyl (C=O) groups excluding carboxylic acids is 2. The lowest BCUT2D eigenvalue weighted by Crippen LogP contribution is -2.44. The zero-order valence-corrected chi connectivity index (χ0v) is 18.8. The molecule has 0 radical (unpaired) electrons. The third-order valence-electron chi connectivity index (χ3n) is 6.83. The lowest BCUT2D eigenvalue weighted by atomic mass is 9.89. The van der Waals surface area contributed by atoms with Gasteiger partial charge >= 0.3 is 12.0 Å². The second-order valence-corrected chi connectivity index (χ2v) is 8.65. The van der Waals surface area contributed by atoms with Gasteiger partial charge in [0.2, 0.25) is 0 Å². The molecule has 1 aromatic heterocycles. The first-order chi connectivity index (χ1) is 17.0. The maximum Gasteiger partial charge on any atom is 0.337 e. The highest BCUT2D eigenvalue weighted by molar-refractivity contribution is 6.23. The number of amides is 3. The first kappa shape index (κ1) is 21.0. The lowest BCUT2D eigenvalue weighted by molar-refractivity contribution is -0.120. The molecule has 0 aliphatic carbocycles. The molecule has 3 aromatic carbocycles. The highest BCUT2D eigenvalue weighted by Gasteiger charge is 2.53. The number of urea groups is 1. The van der Waals surface area contributed by atoms with Crippen molar-refractivity contribution in [3.8, 4) is 5.75 Å². The van der Waals surface area contributed by atoms with Gasteiger partial charge in [-0.3, -0.25) is 9.69 Å². The van der Waals surface area contributed by atoms with E-state index in [0.717, 1.165) is 32.6 Å². The third-order valence-corrected chi connectivity index (χ3v) is 6.83. The molecule has 0 unspecified atom stereocenters. The summed E-state index contributed by atoms with van der Waals surface area (Å²) >= 11 is 0. The molecule has 8 heteroatoms. The first-order valence-corrected chi connectivity index (χ1v) is 11.2. The number of nitrogens with one attached hydrogen (secondary N) is 1. The summed E-state index contributed by atoms with van der Waals surface area (Å²) in [5.74, 6) is -1.01. The summed E-state index contributed by atoms with van der Waals surface area (Å²) in [6.07, 6.45) is 0.329. The number of nitrogens with zero attached hydrogens (tertiary/aromatic N) is 2. The number of benzene rings is 3. The van der Waals surface area contributed by atoms with Gasteiger partial charge in [-0.05, 0) is 41.5 Å². The zero-order chi connectivity index (χ0) is 24.3. The fourth-order valence-electron chi connectivity index (χ4n) is 5.30. The number of hydrogen-bond acceptors (Lipinski definition) is 4. The number of anilines is 1. The smallest absolute Gasteiger partial charge is 0.337 e. The molecule has 1 fully saturated rings. The van der Waals surface area contributed by atoms with Crippen molar-refractivity contribution in [1.82, 2.24) is 9.88 Å². The lowest BCUT2D eigenvalue weighted by Gasteiger charge is -2.36. The van der Waals surface area contributed by atoms with E-state index in [9.17, 15) is 19.5 Å². The van der Waals surface area contributed by atoms with Crippen LogP contribution >= 0.6 is 0 Å². The van der Waals surface area contributed by atoms with Crippen LogP contribution in [-0.4, -0.2) is 46.0 Å². The molecule has 0 spiro atoms. The molecule has 174 valence electrons. The molecule has 0 bridgehead atoms. The van der Waals surface area contributed by atoms with Crippen molar-refractivity contribution < 1.29 is 24.2 Å². The van der Waals surface area contributed by atoms with Gasteiger partial charge in [-0.15, -0.1) is 0 Å². The standard InChI is InChI=1S/C27H21N3O5/c1-35-16-8-6-7-15(13-16)24-23-19(17-9-2-4-11-20(17)28-23)14-22-25(31)30(27(34)29(22)24)21-12-5-3-10-18(21)26(32)33/h2-13,22,24,28H,14H2,1H3,(H,32,33)/t22-,24-/m0/s1. The number of carbonyl (C=O) groups is 3. The van der Waals surface area contributed by atoms with Crippen molar-refractivity contribution >= 4 is 34.5 Å². The largest absolute Gasteiger partial charge is 0.497 e. The van der Waals surface area contributed by atoms with Crippen LogP contribution in [-0.2, 0) is 11.2 Å². The number of aromatic amines is 1. The number of rotatable bonds is 4. The Labute approximate surface area is 200 Å². The maximum absolute atomic E-state index is 13.9. The number of methoxy groups -OCH3 is 1. The van der Waals surface area contributed by atoms with E-state index in [4.69, 9.17) is 4.74 Å². The summed E-state index contributed by atoms with van der Waals surface area (Å²) < 4.78 is 5.43. The van der Waals surface area contributed by atoms with Gasteiger partial charge in [-0.1, -0.05) is 42.5 Å². The average molecular weight is 467 g/mol. The van der Waals surface area contributed by atoms with E-state index in [2.05, 4.69) is 4.98 Å². The minimum absolute atomic E-state index is 0.0716. The SMILES string of the molecule is COc1cccc([C@H]2c3[nH]c4ccccc4c3C[C@H]3C(=O)N(c4ccccc4C(=O)O)C(=O)N23)c1. The second-order valence-electron chi connectivity index (χ2n) is 8.65. The van der Waals surface area contributed by atoms with Crippen LogP contribution in [0.1, 0.15) is 33.2 Å². The number of carboxylic acids is 1. The van der Waals surface area contributed by atoms with Crippen molar-refractivity contribution in [3.05, 3.63) is 95.2 Å². The number of fused-ring (bicyclic) bond motifs is 4. The van der Waals surface area contributed by atoms with Gasteiger partial charge in [-0.2, -0.15) is 0 Å². The maximum atomic E-state index is 13.9. The van der Waals surface area contributed by atoms with E-state index in [-0.39, 0.29) is 11.3 Å². The molecule has 2 atom stereocenters. The summed E-state index contributed by atoms with van der Waals surface area (Å²) in [5.41, 5.74) is 3.50. The van der Waals surface area contributed by atoms with Crippen molar-refractivity contribution in [1.29, 1.82) is 0 Å². The van der Waals surface area contributed by atoms with Crippen LogP contribution in [0, 0.1) is 0 Å². The van der Waals surface area contributed by atoms with Crippen LogP contribution in [0.3, 0.4) is 0 Å². The van der Waals surface area contributed by atoms with E-state index in [1.165, 1.54) is 12.1 Å². The van der Waals surface area contributed by atoms with E-state index in [0.29, 0.717) is 12.2 Å². The summed E-state index contributed by atoms with van der Waals surface area (Å²) in [4.78, 5) is 45.5. The summed E-state index contributed by atoms with van der Waals surface area (Å²) in [7, 11) is 1.58. The van der Waals surface area contributed by atoms with Gasteiger partial charge < -0.3 is 14.8 Å². The zero-order valence-electron chi connectivity index (χ0n) is 18.8. The Morgan fingerprint density at radius 2 is 1.80 bits per heavy atom. The summed E-state index contributed by atoms with van der Waals surface area (Å²) in [6, 6.07) is 19.5. The van der Waals surface area contributed by atoms with Gasteiger partial charge in [0.25, 0.3) is 5.91 Å². The summed E-state index contributed by atoms with van der Waals surface area (Å²) in [5, 5.41) is 10.7. The molecule has 3 heterocycles. The molecule has 35 heavy (non-hydrogen) atoms. The Balaban J connectivity index is 1.56. The fourth-order valence-corrected chi connectivity index (χ4v) is 5.30. The molecule has 2 aliphatic rings. The van der Waals surface area contributed by atoms with Crippen LogP contribution in [0.25, 0.3) is 10.9 Å². The molecule has 0 saturated carbocycles. The first-order valence-electron chi connectivity index (χ1n) is 11.2. The van der Waals surface area contributed by atoms with Crippen LogP contribution in [0.2, 0.25) is 0 Å². The number of para-hydroxylation sites is 2. The highest BCUT2D eigenvalue weighted by atomic mass is 16.5. The Morgan fingerprint density at radius 3 is 2.60 bits per heavy atom. The monoisotopic (exact) mass is 467 g/mol. The topological polar surface area (TPSA) is 103 Å². The molecular formula is C27H21N3O5. The van der Waals surface area contributed by atoms with Gasteiger partial charge in [-0.25, -0.2) is 14.5 Å². The Kier molecular flexibility index (Phi) is 4.63. The molecule has 6 rings (SSSR count). The Bertz CT molecular complexity index is 1520. The number of ether oxygens (including phenoxy) is 1. The highest BCUT2D eigenvalue weighted by Crippen LogP contribution is 2.45. The molecular weight excluding hydrogens is 446 g/mol. The van der Waals surface area contributed by atoms with E-state index >= 15 is 0 Å². The second kappa shape index (κ2) is 7.73. The third kappa shape index (κ3) is 3.03. The number of aromatic carboxylic acids is 1. The Hall–Kier alpha value is -4.59. The van der Waals surface area contributed by atoms with E-state index in [1.807, 2.05) is 48.5 Å². The minimum atomic E-state index is -1.20. The van der Waals surface area contributed by atoms with Gasteiger partial charge in [0.05, 0.1) is 18.4 Å². The number of carboxylic acid groups (broad SMARTS) is 1. The molecule has 4 aromatic rings. The normalized spacial score (nSPS) is 19.1. The number of aromatic nitrogens is 1. The number of imide groups is 1.